The van der Waals surface area contributed by atoms with Gasteiger partial charge < -0.3 is 65.1 Å². The van der Waals surface area contributed by atoms with E-state index in [4.69, 9.17) is 18.9 Å². The number of unbranched alkanes of at least 4 members (excludes halogenated alkanes) is 26. The Labute approximate surface area is 509 Å². The van der Waals surface area contributed by atoms with E-state index >= 15 is 0 Å². The van der Waals surface area contributed by atoms with Crippen LogP contribution in [-0.4, -0.2) is 140 Å². The van der Waals surface area contributed by atoms with Gasteiger partial charge in [-0.15, -0.1) is 0 Å². The van der Waals surface area contributed by atoms with Gasteiger partial charge in [-0.1, -0.05) is 259 Å². The number of aliphatic hydroxyl groups is 8. The van der Waals surface area contributed by atoms with Crippen LogP contribution < -0.4 is 5.32 Å². The van der Waals surface area contributed by atoms with Gasteiger partial charge in [0.05, 0.1) is 32.0 Å². The van der Waals surface area contributed by atoms with Gasteiger partial charge in [0, 0.05) is 6.42 Å². The van der Waals surface area contributed by atoms with Crippen molar-refractivity contribution in [2.24, 2.45) is 0 Å². The lowest BCUT2D eigenvalue weighted by atomic mass is 9.97. The molecule has 0 saturated carbocycles. The molecule has 14 heteroatoms. The monoisotopic (exact) mass is 1180 g/mol. The van der Waals surface area contributed by atoms with Gasteiger partial charge in [-0.3, -0.25) is 4.79 Å². The molecule has 2 fully saturated rings. The van der Waals surface area contributed by atoms with Gasteiger partial charge in [0.1, 0.15) is 48.8 Å². The topological polar surface area (TPSA) is 228 Å². The molecular weight excluding hydrogens is 1060 g/mol. The second-order valence-electron chi connectivity index (χ2n) is 23.2. The fraction of sp³-hybridized carbons (Fsp3) is 0.757. The number of hydrogen-bond acceptors (Lipinski definition) is 13. The highest BCUT2D eigenvalue weighted by Crippen LogP contribution is 2.30. The predicted molar refractivity (Wildman–Crippen MR) is 341 cm³/mol. The van der Waals surface area contributed by atoms with Crippen molar-refractivity contribution in [2.45, 2.75) is 319 Å². The van der Waals surface area contributed by atoms with E-state index in [9.17, 15) is 45.6 Å². The normalized spacial score (nSPS) is 24.3. The van der Waals surface area contributed by atoms with E-state index < -0.39 is 86.8 Å². The summed E-state index contributed by atoms with van der Waals surface area (Å²) in [6.45, 7) is 2.69. The summed E-state index contributed by atoms with van der Waals surface area (Å²) in [5.74, 6) is -0.245. The highest BCUT2D eigenvalue weighted by molar-refractivity contribution is 5.76. The predicted octanol–water partition coefficient (Wildman–Crippen LogP) is 13.0. The van der Waals surface area contributed by atoms with E-state index in [1.54, 1.807) is 6.08 Å². The largest absolute Gasteiger partial charge is 0.394 e. The maximum Gasteiger partial charge on any atom is 0.220 e. The van der Waals surface area contributed by atoms with Crippen LogP contribution in [0.4, 0.5) is 0 Å². The molecule has 0 aromatic heterocycles. The Bertz CT molecular complexity index is 1780. The van der Waals surface area contributed by atoms with Crippen LogP contribution in [0.15, 0.2) is 97.2 Å². The van der Waals surface area contributed by atoms with Gasteiger partial charge in [0.25, 0.3) is 0 Å². The van der Waals surface area contributed by atoms with Crippen LogP contribution in [0.5, 0.6) is 0 Å². The van der Waals surface area contributed by atoms with Crippen LogP contribution in [0.1, 0.15) is 245 Å². The quantitative estimate of drug-likeness (QED) is 0.0204. The molecule has 0 aromatic rings. The highest BCUT2D eigenvalue weighted by Gasteiger charge is 2.51. The summed E-state index contributed by atoms with van der Waals surface area (Å²) in [6, 6.07) is -0.922. The van der Waals surface area contributed by atoms with Crippen LogP contribution in [0.25, 0.3) is 0 Å². The summed E-state index contributed by atoms with van der Waals surface area (Å²) in [5.41, 5.74) is 0. The number of rotatable bonds is 53. The molecule has 9 N–H and O–H groups in total. The average molecular weight is 1180 g/mol. The molecule has 0 radical (unpaired) electrons. The summed E-state index contributed by atoms with van der Waals surface area (Å²) in [5, 5.41) is 87.3. The number of carbonyl (C=O) groups excluding carboxylic acids is 1. The van der Waals surface area contributed by atoms with Gasteiger partial charge in [0.2, 0.25) is 5.91 Å². The Morgan fingerprint density at radius 3 is 1.26 bits per heavy atom. The van der Waals surface area contributed by atoms with Gasteiger partial charge >= 0.3 is 0 Å². The number of nitrogens with one attached hydrogen (secondary N) is 1. The van der Waals surface area contributed by atoms with Crippen molar-refractivity contribution < 1.29 is 64.6 Å². The molecular formula is C70H121NO13. The summed E-state index contributed by atoms with van der Waals surface area (Å²) in [6.07, 6.45) is 58.7. The molecule has 84 heavy (non-hydrogen) atoms. The van der Waals surface area contributed by atoms with Gasteiger partial charge in [0.15, 0.2) is 12.6 Å². The maximum absolute atomic E-state index is 13.3. The third kappa shape index (κ3) is 38.2. The summed E-state index contributed by atoms with van der Waals surface area (Å²) in [7, 11) is 0. The van der Waals surface area contributed by atoms with Crippen molar-refractivity contribution in [3.8, 4) is 0 Å². The zero-order chi connectivity index (χ0) is 60.9. The third-order valence-electron chi connectivity index (χ3n) is 15.8. The molecule has 2 aliphatic rings. The van der Waals surface area contributed by atoms with Crippen molar-refractivity contribution >= 4 is 5.91 Å². The zero-order valence-electron chi connectivity index (χ0n) is 52.4. The van der Waals surface area contributed by atoms with Crippen molar-refractivity contribution in [3.05, 3.63) is 97.2 Å². The first-order valence-corrected chi connectivity index (χ1v) is 33.5. The van der Waals surface area contributed by atoms with Crippen molar-refractivity contribution in [1.82, 2.24) is 5.32 Å². The molecule has 14 nitrogen and oxygen atoms in total. The van der Waals surface area contributed by atoms with Crippen LogP contribution in [-0.2, 0) is 23.7 Å². The molecule has 12 unspecified atom stereocenters. The van der Waals surface area contributed by atoms with E-state index in [2.05, 4.69) is 104 Å². The Morgan fingerprint density at radius 1 is 0.440 bits per heavy atom. The average Bonchev–Trinajstić information content (AvgIpc) is 3.17. The Hall–Kier alpha value is -3.09. The Balaban J connectivity index is 1.68. The lowest BCUT2D eigenvalue weighted by Crippen LogP contribution is -2.65. The number of allylic oxidation sites excluding steroid dienone is 15. The molecule has 0 bridgehead atoms. The molecule has 2 heterocycles. The number of amides is 1. The first kappa shape index (κ1) is 77.0. The Morgan fingerprint density at radius 2 is 0.821 bits per heavy atom. The van der Waals surface area contributed by atoms with E-state index in [0.29, 0.717) is 6.42 Å². The number of ether oxygens (including phenoxy) is 4. The second kappa shape index (κ2) is 54.1. The zero-order valence-corrected chi connectivity index (χ0v) is 52.4. The second-order valence-corrected chi connectivity index (χ2v) is 23.2. The van der Waals surface area contributed by atoms with Gasteiger partial charge in [-0.2, -0.15) is 0 Å². The van der Waals surface area contributed by atoms with E-state index in [1.165, 1.54) is 128 Å². The first-order chi connectivity index (χ1) is 41.1. The minimum atomic E-state index is -1.79. The number of aliphatic hydroxyl groups excluding tert-OH is 8. The van der Waals surface area contributed by atoms with E-state index in [0.717, 1.165) is 89.9 Å². The van der Waals surface area contributed by atoms with E-state index in [1.807, 2.05) is 6.08 Å². The SMILES string of the molecule is CC/C=C\C/C=C\C/C=C\C/C=C\C/C=C\C/C=C\C/C=C\CCCCCCCCCCCCCC(=O)NC(COC1OC(CO)C(OC2OC(CO)C(O)C(O)C2O)C(O)C1O)C(O)/C=C/CCCCCCCCCCCCCCCCC. The summed E-state index contributed by atoms with van der Waals surface area (Å²) in [4.78, 5) is 13.3. The lowest BCUT2D eigenvalue weighted by Gasteiger charge is -2.46. The molecule has 0 aromatic carbocycles. The smallest absolute Gasteiger partial charge is 0.220 e. The van der Waals surface area contributed by atoms with E-state index in [-0.39, 0.29) is 18.9 Å². The van der Waals surface area contributed by atoms with Crippen LogP contribution >= 0.6 is 0 Å². The molecule has 0 spiro atoms. The molecule has 12 atom stereocenters. The highest BCUT2D eigenvalue weighted by atomic mass is 16.7. The van der Waals surface area contributed by atoms with Crippen molar-refractivity contribution in [1.29, 1.82) is 0 Å². The first-order valence-electron chi connectivity index (χ1n) is 33.5. The van der Waals surface area contributed by atoms with Crippen molar-refractivity contribution in [3.63, 3.8) is 0 Å². The summed E-state index contributed by atoms with van der Waals surface area (Å²) >= 11 is 0. The third-order valence-corrected chi connectivity index (χ3v) is 15.8. The molecule has 1 amide bonds. The van der Waals surface area contributed by atoms with Crippen LogP contribution in [0, 0.1) is 0 Å². The minimum Gasteiger partial charge on any atom is -0.394 e. The van der Waals surface area contributed by atoms with Crippen molar-refractivity contribution in [2.75, 3.05) is 19.8 Å². The fourth-order valence-electron chi connectivity index (χ4n) is 10.4. The molecule has 2 aliphatic heterocycles. The van der Waals surface area contributed by atoms with Gasteiger partial charge in [-0.05, 0) is 77.0 Å². The standard InChI is InChI=1S/C70H121NO13/c1-3-5-7-9-11-13-15-17-19-21-22-23-24-25-26-27-28-29-30-31-32-33-34-35-36-38-40-42-44-46-48-50-52-54-62(75)71-58(59(74)53-51-49-47-45-43-41-39-37-20-18-16-14-12-10-8-6-4-2)57-81-69-67(80)65(78)68(61(56-73)83-69)84-70-66(79)64(77)63(76)60(55-72)82-70/h5,7,11,13,17,19,22-23,25-26,28-29,31-32,51,53,58-61,63-70,72-74,76-80H,3-4,6,8-10,12,14-16,18,20-21,24,27,30,33-50,52,54-57H2,1-2H3,(H,71,75)/b7-5-,13-11-,19-17-,23-22-,26-25-,29-28-,32-31-,53-51+. The summed E-state index contributed by atoms with van der Waals surface area (Å²) < 4.78 is 22.8. The molecule has 484 valence electrons. The number of hydrogen-bond donors (Lipinski definition) is 9. The maximum atomic E-state index is 13.3. The lowest BCUT2D eigenvalue weighted by molar-refractivity contribution is -0.359. The van der Waals surface area contributed by atoms with Crippen LogP contribution in [0.2, 0.25) is 0 Å². The van der Waals surface area contributed by atoms with Crippen LogP contribution in [0.3, 0.4) is 0 Å². The minimum absolute atomic E-state index is 0.245. The fourth-order valence-corrected chi connectivity index (χ4v) is 10.4. The van der Waals surface area contributed by atoms with Gasteiger partial charge in [-0.25, -0.2) is 0 Å². The number of carbonyl (C=O) groups is 1. The molecule has 2 rings (SSSR count). The molecule has 0 aliphatic carbocycles. The molecule has 2 saturated heterocycles. The Kier molecular flexibility index (Phi) is 49.6.